The summed E-state index contributed by atoms with van der Waals surface area (Å²) in [5.74, 6) is 0.712. The maximum absolute atomic E-state index is 9.10. The number of anilines is 1. The molecule has 0 radical (unpaired) electrons. The van der Waals surface area contributed by atoms with E-state index < -0.39 is 11.9 Å². The van der Waals surface area contributed by atoms with E-state index in [1.807, 2.05) is 44.2 Å². The number of aryl methyl sites for hydroxylation is 2. The highest BCUT2D eigenvalue weighted by molar-refractivity contribution is 6.27. The van der Waals surface area contributed by atoms with Crippen LogP contribution in [0.4, 0.5) is 5.69 Å². The molecule has 2 aromatic heterocycles. The molecule has 0 saturated carbocycles. The zero-order valence-electron chi connectivity index (χ0n) is 15.7. The van der Waals surface area contributed by atoms with Crippen molar-refractivity contribution in [2.75, 3.05) is 12.5 Å². The number of hydrogen-bond acceptors (Lipinski definition) is 7. The Hall–Kier alpha value is -3.88. The maximum Gasteiger partial charge on any atom is 0.414 e. The fourth-order valence-corrected chi connectivity index (χ4v) is 2.89. The van der Waals surface area contributed by atoms with Gasteiger partial charge in [0, 0.05) is 11.8 Å². The van der Waals surface area contributed by atoms with Gasteiger partial charge in [-0.2, -0.15) is 0 Å². The maximum atomic E-state index is 9.10. The molecule has 3 heterocycles. The van der Waals surface area contributed by atoms with E-state index in [9.17, 15) is 0 Å². The third-order valence-corrected chi connectivity index (χ3v) is 4.16. The number of fused-ring (bicyclic) bond motifs is 1. The topological polar surface area (TPSA) is 145 Å². The number of benzene rings is 1. The number of hydrogen-bond donors (Lipinski definition) is 3. The van der Waals surface area contributed by atoms with Gasteiger partial charge in [0.15, 0.2) is 11.5 Å². The van der Waals surface area contributed by atoms with Crippen molar-refractivity contribution in [2.45, 2.75) is 19.8 Å². The molecule has 0 atom stereocenters. The van der Waals surface area contributed by atoms with E-state index in [0.717, 1.165) is 28.6 Å². The fourth-order valence-electron chi connectivity index (χ4n) is 2.89. The Balaban J connectivity index is 0.000000353. The Morgan fingerprint density at radius 2 is 1.38 bits per heavy atom. The SMILES string of the molecule is Cc1ccc(C(c2ccc(C)o2)c2cc3c(cc2N)OCO3)o1.O=C(O)C(=O)O. The second-order valence-corrected chi connectivity index (χ2v) is 6.27. The van der Waals surface area contributed by atoms with Crippen LogP contribution in [0.25, 0.3) is 0 Å². The lowest BCUT2D eigenvalue weighted by atomic mass is 9.92. The first-order chi connectivity index (χ1) is 13.8. The van der Waals surface area contributed by atoms with E-state index in [1.165, 1.54) is 0 Å². The lowest BCUT2D eigenvalue weighted by molar-refractivity contribution is -0.159. The molecule has 0 unspecified atom stereocenters. The normalized spacial score (nSPS) is 11.8. The number of carboxylic acid groups (broad SMARTS) is 2. The summed E-state index contributed by atoms with van der Waals surface area (Å²) in [7, 11) is 0. The minimum atomic E-state index is -1.82. The number of carbonyl (C=O) groups is 2. The molecule has 9 nitrogen and oxygen atoms in total. The third kappa shape index (κ3) is 4.34. The molecule has 0 fully saturated rings. The van der Waals surface area contributed by atoms with Crippen LogP contribution in [0.2, 0.25) is 0 Å². The zero-order chi connectivity index (χ0) is 21.1. The van der Waals surface area contributed by atoms with Crippen molar-refractivity contribution >= 4 is 17.6 Å². The van der Waals surface area contributed by atoms with Crippen molar-refractivity contribution in [3.8, 4) is 11.5 Å². The third-order valence-electron chi connectivity index (χ3n) is 4.16. The van der Waals surface area contributed by atoms with Gasteiger partial charge in [-0.05, 0) is 49.7 Å². The minimum Gasteiger partial charge on any atom is -0.473 e. The molecule has 0 aliphatic carbocycles. The van der Waals surface area contributed by atoms with Crippen LogP contribution >= 0.6 is 0 Å². The van der Waals surface area contributed by atoms with Gasteiger partial charge < -0.3 is 34.3 Å². The Morgan fingerprint density at radius 3 is 1.79 bits per heavy atom. The van der Waals surface area contributed by atoms with Crippen LogP contribution in [0.15, 0.2) is 45.2 Å². The molecule has 29 heavy (non-hydrogen) atoms. The molecule has 0 amide bonds. The first kappa shape index (κ1) is 19.9. The predicted octanol–water partition coefficient (Wildman–Crippen LogP) is 3.14. The van der Waals surface area contributed by atoms with Crippen LogP contribution in [-0.4, -0.2) is 28.9 Å². The quantitative estimate of drug-likeness (QED) is 0.445. The summed E-state index contributed by atoms with van der Waals surface area (Å²) in [5, 5.41) is 14.8. The molecule has 4 rings (SSSR count). The van der Waals surface area contributed by atoms with Gasteiger partial charge >= 0.3 is 11.9 Å². The van der Waals surface area contributed by atoms with Crippen molar-refractivity contribution in [1.82, 2.24) is 0 Å². The second kappa shape index (κ2) is 8.01. The van der Waals surface area contributed by atoms with E-state index >= 15 is 0 Å². The van der Waals surface area contributed by atoms with Gasteiger partial charge in [-0.1, -0.05) is 0 Å². The zero-order valence-corrected chi connectivity index (χ0v) is 15.7. The number of ether oxygens (including phenoxy) is 2. The predicted molar refractivity (Wildman–Crippen MR) is 100 cm³/mol. The average molecular weight is 401 g/mol. The van der Waals surface area contributed by atoms with Crippen molar-refractivity contribution < 1.29 is 38.1 Å². The Bertz CT molecular complexity index is 996. The van der Waals surface area contributed by atoms with Crippen LogP contribution in [-0.2, 0) is 9.59 Å². The van der Waals surface area contributed by atoms with Gasteiger partial charge in [-0.3, -0.25) is 0 Å². The molecule has 0 spiro atoms. The van der Waals surface area contributed by atoms with Gasteiger partial charge in [0.2, 0.25) is 6.79 Å². The van der Waals surface area contributed by atoms with Crippen molar-refractivity contribution in [2.24, 2.45) is 0 Å². The van der Waals surface area contributed by atoms with Gasteiger partial charge in [0.25, 0.3) is 0 Å². The summed E-state index contributed by atoms with van der Waals surface area (Å²) >= 11 is 0. The summed E-state index contributed by atoms with van der Waals surface area (Å²) in [6, 6.07) is 11.4. The van der Waals surface area contributed by atoms with Crippen molar-refractivity contribution in [3.05, 3.63) is 65.0 Å². The molecule has 4 N–H and O–H groups in total. The van der Waals surface area contributed by atoms with Crippen LogP contribution in [0.3, 0.4) is 0 Å². The number of nitrogens with two attached hydrogens (primary N) is 1. The standard InChI is InChI=1S/C18H17NO4.C2H2O4/c1-10-3-5-14(22-10)18(15-6-4-11(2)23-15)12-7-16-17(8-13(12)19)21-9-20-16;3-1(4)2(5)6/h3-8,18H,9,19H2,1-2H3;(H,3,4)(H,5,6). The van der Waals surface area contributed by atoms with Crippen molar-refractivity contribution in [3.63, 3.8) is 0 Å². The lowest BCUT2D eigenvalue weighted by Crippen LogP contribution is -2.09. The first-order valence-corrected chi connectivity index (χ1v) is 8.54. The summed E-state index contributed by atoms with van der Waals surface area (Å²) in [4.78, 5) is 18.2. The van der Waals surface area contributed by atoms with Crippen LogP contribution in [0, 0.1) is 13.8 Å². The molecule has 1 aliphatic rings. The Labute approximate surface area is 165 Å². The molecule has 1 aromatic carbocycles. The molecule has 0 saturated heterocycles. The van der Waals surface area contributed by atoms with Gasteiger partial charge in [0.1, 0.15) is 29.0 Å². The van der Waals surface area contributed by atoms with Gasteiger partial charge in [-0.25, -0.2) is 9.59 Å². The number of aliphatic carboxylic acids is 2. The molecule has 9 heteroatoms. The molecule has 152 valence electrons. The molecular weight excluding hydrogens is 382 g/mol. The van der Waals surface area contributed by atoms with E-state index in [0.29, 0.717) is 17.2 Å². The fraction of sp³-hybridized carbons (Fsp3) is 0.200. The summed E-state index contributed by atoms with van der Waals surface area (Å²) in [6.07, 6.45) is 0. The largest absolute Gasteiger partial charge is 0.473 e. The smallest absolute Gasteiger partial charge is 0.414 e. The molecule has 3 aromatic rings. The minimum absolute atomic E-state index is 0.211. The van der Waals surface area contributed by atoms with Gasteiger partial charge in [-0.15, -0.1) is 0 Å². The Kier molecular flexibility index (Phi) is 5.49. The summed E-state index contributed by atoms with van der Waals surface area (Å²) in [5.41, 5.74) is 7.75. The molecule has 0 bridgehead atoms. The number of rotatable bonds is 3. The van der Waals surface area contributed by atoms with E-state index in [1.54, 1.807) is 6.07 Å². The highest BCUT2D eigenvalue weighted by atomic mass is 16.7. The Morgan fingerprint density at radius 1 is 0.897 bits per heavy atom. The molecular formula is C20H19NO8. The van der Waals surface area contributed by atoms with E-state index in [-0.39, 0.29) is 12.7 Å². The summed E-state index contributed by atoms with van der Waals surface area (Å²) < 4.78 is 22.6. The lowest BCUT2D eigenvalue weighted by Gasteiger charge is -2.16. The number of carboxylic acids is 2. The average Bonchev–Trinajstić information content (AvgIpc) is 3.38. The van der Waals surface area contributed by atoms with Crippen LogP contribution in [0.5, 0.6) is 11.5 Å². The highest BCUT2D eigenvalue weighted by Crippen LogP contribution is 2.43. The van der Waals surface area contributed by atoms with Crippen molar-refractivity contribution in [1.29, 1.82) is 0 Å². The first-order valence-electron chi connectivity index (χ1n) is 8.54. The van der Waals surface area contributed by atoms with E-state index in [4.69, 9.17) is 43.8 Å². The number of nitrogen functional groups attached to an aromatic ring is 1. The summed E-state index contributed by atoms with van der Waals surface area (Å²) in [6.45, 7) is 4.04. The second-order valence-electron chi connectivity index (χ2n) is 6.27. The van der Waals surface area contributed by atoms with Crippen LogP contribution in [0.1, 0.15) is 34.5 Å². The van der Waals surface area contributed by atoms with Crippen LogP contribution < -0.4 is 15.2 Å². The number of furan rings is 2. The monoisotopic (exact) mass is 401 g/mol. The highest BCUT2D eigenvalue weighted by Gasteiger charge is 2.28. The van der Waals surface area contributed by atoms with E-state index in [2.05, 4.69) is 0 Å². The van der Waals surface area contributed by atoms with Gasteiger partial charge in [0.05, 0.1) is 0 Å². The molecule has 1 aliphatic heterocycles.